The first-order chi connectivity index (χ1) is 20.5. The topological polar surface area (TPSA) is 86.8 Å². The largest absolute Gasteiger partial charge is 0.352 e. The van der Waals surface area contributed by atoms with Gasteiger partial charge >= 0.3 is 0 Å². The van der Waals surface area contributed by atoms with Gasteiger partial charge in [-0.15, -0.1) is 0 Å². The highest BCUT2D eigenvalue weighted by molar-refractivity contribution is 7.92. The molecule has 1 N–H and O–H groups in total. The van der Waals surface area contributed by atoms with Crippen LogP contribution in [-0.4, -0.2) is 43.8 Å². The zero-order valence-corrected chi connectivity index (χ0v) is 27.1. The maximum atomic E-state index is 14.2. The highest BCUT2D eigenvalue weighted by Gasteiger charge is 2.33. The van der Waals surface area contributed by atoms with Gasteiger partial charge in [0.2, 0.25) is 11.8 Å². The van der Waals surface area contributed by atoms with E-state index in [-0.39, 0.29) is 29.3 Å². The quantitative estimate of drug-likeness (QED) is 0.240. The summed E-state index contributed by atoms with van der Waals surface area (Å²) < 4.78 is 29.0. The molecule has 3 aromatic carbocycles. The summed E-state index contributed by atoms with van der Waals surface area (Å²) >= 11 is 12.6. The van der Waals surface area contributed by atoms with Crippen LogP contribution in [0.2, 0.25) is 10.0 Å². The Bertz CT molecular complexity index is 1510. The van der Waals surface area contributed by atoms with Crippen LogP contribution in [0.5, 0.6) is 0 Å². The second-order valence-electron chi connectivity index (χ2n) is 11.3. The Hall–Kier alpha value is -3.07. The minimum Gasteiger partial charge on any atom is -0.352 e. The van der Waals surface area contributed by atoms with Crippen molar-refractivity contribution in [2.24, 2.45) is 0 Å². The second kappa shape index (κ2) is 14.6. The molecule has 4 rings (SSSR count). The molecule has 1 saturated carbocycles. The highest BCUT2D eigenvalue weighted by atomic mass is 35.5. The van der Waals surface area contributed by atoms with Gasteiger partial charge in [0.25, 0.3) is 10.0 Å². The van der Waals surface area contributed by atoms with Crippen molar-refractivity contribution in [2.75, 3.05) is 10.8 Å². The molecule has 0 unspecified atom stereocenters. The molecule has 43 heavy (non-hydrogen) atoms. The Morgan fingerprint density at radius 3 is 2.16 bits per heavy atom. The number of hydrogen-bond acceptors (Lipinski definition) is 4. The third-order valence-electron chi connectivity index (χ3n) is 7.93. The normalized spacial score (nSPS) is 14.7. The fraction of sp³-hybridized carbons (Fsp3) is 0.394. The van der Waals surface area contributed by atoms with Crippen LogP contribution in [0.15, 0.2) is 77.7 Å². The lowest BCUT2D eigenvalue weighted by Crippen LogP contribution is -2.53. The summed E-state index contributed by atoms with van der Waals surface area (Å²) in [4.78, 5) is 29.1. The van der Waals surface area contributed by atoms with Gasteiger partial charge in [0.15, 0.2) is 0 Å². The van der Waals surface area contributed by atoms with Crippen molar-refractivity contribution < 1.29 is 18.0 Å². The predicted molar refractivity (Wildman–Crippen MR) is 173 cm³/mol. The number of carbonyl (C=O) groups excluding carboxylic acids is 2. The molecule has 1 aliphatic carbocycles. The molecule has 1 aliphatic rings. The van der Waals surface area contributed by atoms with Crippen molar-refractivity contribution in [1.82, 2.24) is 10.2 Å². The van der Waals surface area contributed by atoms with Gasteiger partial charge in [-0.05, 0) is 73.2 Å². The molecule has 0 saturated heterocycles. The SMILES string of the molecule is CC(C)c1ccc(N(CC(=O)N(Cc2ccc(Cl)cc2Cl)[C@H](C)C(=O)NC2CCCCC2)S(=O)(=O)c2ccccc2)cc1. The third kappa shape index (κ3) is 8.31. The molecule has 0 spiro atoms. The Balaban J connectivity index is 1.69. The van der Waals surface area contributed by atoms with Gasteiger partial charge in [-0.3, -0.25) is 13.9 Å². The van der Waals surface area contributed by atoms with Gasteiger partial charge < -0.3 is 10.2 Å². The van der Waals surface area contributed by atoms with Gasteiger partial charge in [0.05, 0.1) is 10.6 Å². The molecule has 0 radical (unpaired) electrons. The minimum atomic E-state index is -4.13. The van der Waals surface area contributed by atoms with Crippen molar-refractivity contribution in [3.05, 3.63) is 94.0 Å². The third-order valence-corrected chi connectivity index (χ3v) is 10.3. The van der Waals surface area contributed by atoms with Gasteiger partial charge in [-0.1, -0.05) is 92.7 Å². The van der Waals surface area contributed by atoms with Crippen LogP contribution in [0.4, 0.5) is 5.69 Å². The molecule has 0 bridgehead atoms. The number of rotatable bonds is 11. The second-order valence-corrected chi connectivity index (χ2v) is 14.1. The summed E-state index contributed by atoms with van der Waals surface area (Å²) in [5.74, 6) is -0.577. The molecule has 1 atom stereocenters. The van der Waals surface area contributed by atoms with Crippen molar-refractivity contribution in [3.8, 4) is 0 Å². The van der Waals surface area contributed by atoms with Gasteiger partial charge in [-0.25, -0.2) is 8.42 Å². The fourth-order valence-corrected chi connectivity index (χ4v) is 7.16. The van der Waals surface area contributed by atoms with Crippen molar-refractivity contribution in [1.29, 1.82) is 0 Å². The standard InChI is InChI=1S/C33H39Cl2N3O4S/c1-23(2)25-15-18-29(19-16-25)38(43(41,42)30-12-8-5-9-13-30)22-32(39)37(21-26-14-17-27(34)20-31(26)35)24(3)33(40)36-28-10-6-4-7-11-28/h5,8-9,12-20,23-24,28H,4,6-7,10-11,21-22H2,1-3H3,(H,36,40)/t24-/m1/s1. The molecule has 7 nitrogen and oxygen atoms in total. The fourth-order valence-electron chi connectivity index (χ4n) is 5.26. The summed E-state index contributed by atoms with van der Waals surface area (Å²) in [5.41, 5.74) is 1.99. The smallest absolute Gasteiger partial charge is 0.264 e. The Morgan fingerprint density at radius 2 is 1.56 bits per heavy atom. The van der Waals surface area contributed by atoms with Crippen LogP contribution in [-0.2, 0) is 26.2 Å². The summed E-state index contributed by atoms with van der Waals surface area (Å²) in [6.45, 7) is 5.25. The van der Waals surface area contributed by atoms with Crippen LogP contribution < -0.4 is 9.62 Å². The lowest BCUT2D eigenvalue weighted by atomic mass is 9.95. The van der Waals surface area contributed by atoms with E-state index in [1.807, 2.05) is 12.1 Å². The van der Waals surface area contributed by atoms with E-state index in [0.29, 0.717) is 21.3 Å². The van der Waals surface area contributed by atoms with Crippen molar-refractivity contribution >= 4 is 50.7 Å². The summed E-state index contributed by atoms with van der Waals surface area (Å²) in [7, 11) is -4.13. The molecule has 230 valence electrons. The molecule has 3 aromatic rings. The predicted octanol–water partition coefficient (Wildman–Crippen LogP) is 7.18. The summed E-state index contributed by atoms with van der Waals surface area (Å²) in [6, 6.07) is 19.3. The maximum absolute atomic E-state index is 14.2. The lowest BCUT2D eigenvalue weighted by Gasteiger charge is -2.33. The van der Waals surface area contributed by atoms with E-state index in [1.54, 1.807) is 55.5 Å². The maximum Gasteiger partial charge on any atom is 0.264 e. The first-order valence-electron chi connectivity index (χ1n) is 14.7. The van der Waals surface area contributed by atoms with E-state index in [4.69, 9.17) is 23.2 Å². The van der Waals surface area contributed by atoms with E-state index in [0.717, 1.165) is 42.0 Å². The number of carbonyl (C=O) groups is 2. The molecule has 2 amide bonds. The van der Waals surface area contributed by atoms with Gasteiger partial charge in [0, 0.05) is 22.6 Å². The number of anilines is 1. The number of nitrogens with zero attached hydrogens (tertiary/aromatic N) is 2. The molecule has 0 aliphatic heterocycles. The molecule has 0 aromatic heterocycles. The van der Waals surface area contributed by atoms with E-state index < -0.39 is 28.5 Å². The summed E-state index contributed by atoms with van der Waals surface area (Å²) in [5, 5.41) is 3.90. The zero-order chi connectivity index (χ0) is 31.1. The van der Waals surface area contributed by atoms with E-state index in [1.165, 1.54) is 17.0 Å². The van der Waals surface area contributed by atoms with E-state index in [2.05, 4.69) is 19.2 Å². The van der Waals surface area contributed by atoms with E-state index >= 15 is 0 Å². The van der Waals surface area contributed by atoms with Crippen LogP contribution in [0.1, 0.15) is 69.9 Å². The van der Waals surface area contributed by atoms with Crippen LogP contribution >= 0.6 is 23.2 Å². The average Bonchev–Trinajstić information content (AvgIpc) is 3.00. The highest BCUT2D eigenvalue weighted by Crippen LogP contribution is 2.28. The molecule has 0 heterocycles. The van der Waals surface area contributed by atoms with Gasteiger partial charge in [-0.2, -0.15) is 0 Å². The minimum absolute atomic E-state index is 0.000396. The van der Waals surface area contributed by atoms with Crippen molar-refractivity contribution in [3.63, 3.8) is 0 Å². The van der Waals surface area contributed by atoms with Crippen LogP contribution in [0.25, 0.3) is 0 Å². The molecule has 10 heteroatoms. The number of hydrogen-bond donors (Lipinski definition) is 1. The Kier molecular flexibility index (Phi) is 11.2. The van der Waals surface area contributed by atoms with Crippen molar-refractivity contribution in [2.45, 2.75) is 82.3 Å². The number of sulfonamides is 1. The number of nitrogens with one attached hydrogen (secondary N) is 1. The first kappa shape index (κ1) is 32.8. The van der Waals surface area contributed by atoms with Gasteiger partial charge in [0.1, 0.15) is 12.6 Å². The molecular weight excluding hydrogens is 605 g/mol. The van der Waals surface area contributed by atoms with E-state index in [9.17, 15) is 18.0 Å². The zero-order valence-electron chi connectivity index (χ0n) is 24.8. The lowest BCUT2D eigenvalue weighted by molar-refractivity contribution is -0.139. The van der Waals surface area contributed by atoms with Crippen LogP contribution in [0, 0.1) is 0 Å². The average molecular weight is 645 g/mol. The number of amides is 2. The molecule has 1 fully saturated rings. The van der Waals surface area contributed by atoms with Crippen LogP contribution in [0.3, 0.4) is 0 Å². The first-order valence-corrected chi connectivity index (χ1v) is 16.9. The Labute approximate surface area is 265 Å². The molecular formula is C33H39Cl2N3O4S. The Morgan fingerprint density at radius 1 is 0.907 bits per heavy atom. The summed E-state index contributed by atoms with van der Waals surface area (Å²) in [6.07, 6.45) is 5.02. The number of halogens is 2. The monoisotopic (exact) mass is 643 g/mol. The number of benzene rings is 3.